The SMILES string of the molecule is COC(=O)C(c1cnn(C)c1C)N1CCNCC1. The fraction of sp³-hybridized carbons (Fsp3) is 0.667. The number of nitrogens with zero attached hydrogens (tertiary/aromatic N) is 3. The highest BCUT2D eigenvalue weighted by molar-refractivity contribution is 5.77. The molecule has 0 spiro atoms. The van der Waals surface area contributed by atoms with E-state index in [4.69, 9.17) is 4.74 Å². The maximum Gasteiger partial charge on any atom is 0.327 e. The van der Waals surface area contributed by atoms with Gasteiger partial charge in [-0.25, -0.2) is 4.79 Å². The summed E-state index contributed by atoms with van der Waals surface area (Å²) < 4.78 is 6.73. The monoisotopic (exact) mass is 252 g/mol. The van der Waals surface area contributed by atoms with Crippen LogP contribution in [0.1, 0.15) is 17.3 Å². The molecule has 1 saturated heterocycles. The van der Waals surface area contributed by atoms with E-state index in [1.807, 2.05) is 14.0 Å². The molecule has 1 aromatic rings. The first kappa shape index (κ1) is 13.0. The first-order chi connectivity index (χ1) is 8.65. The largest absolute Gasteiger partial charge is 0.468 e. The van der Waals surface area contributed by atoms with Gasteiger partial charge in [0.1, 0.15) is 6.04 Å². The summed E-state index contributed by atoms with van der Waals surface area (Å²) in [6.45, 7) is 5.45. The lowest BCUT2D eigenvalue weighted by Gasteiger charge is -2.33. The van der Waals surface area contributed by atoms with Crippen LogP contribution in [0.3, 0.4) is 0 Å². The summed E-state index contributed by atoms with van der Waals surface area (Å²) >= 11 is 0. The highest BCUT2D eigenvalue weighted by Gasteiger charge is 2.31. The van der Waals surface area contributed by atoms with Gasteiger partial charge in [-0.2, -0.15) is 5.10 Å². The maximum absolute atomic E-state index is 12.1. The smallest absolute Gasteiger partial charge is 0.327 e. The number of carbonyl (C=O) groups excluding carboxylic acids is 1. The number of aryl methyl sites for hydroxylation is 1. The molecule has 1 aliphatic rings. The zero-order chi connectivity index (χ0) is 13.1. The molecule has 18 heavy (non-hydrogen) atoms. The first-order valence-corrected chi connectivity index (χ1v) is 6.16. The van der Waals surface area contributed by atoms with Crippen molar-refractivity contribution in [2.45, 2.75) is 13.0 Å². The molecule has 100 valence electrons. The molecule has 0 aromatic carbocycles. The third-order valence-corrected chi connectivity index (χ3v) is 3.51. The second kappa shape index (κ2) is 5.49. The molecule has 1 N–H and O–H groups in total. The van der Waals surface area contributed by atoms with Gasteiger partial charge in [-0.3, -0.25) is 9.58 Å². The molecule has 0 aliphatic carbocycles. The summed E-state index contributed by atoms with van der Waals surface area (Å²) in [6.07, 6.45) is 1.76. The second-order valence-electron chi connectivity index (χ2n) is 4.52. The lowest BCUT2D eigenvalue weighted by atomic mass is 10.1. The highest BCUT2D eigenvalue weighted by atomic mass is 16.5. The van der Waals surface area contributed by atoms with Crippen LogP contribution >= 0.6 is 0 Å². The van der Waals surface area contributed by atoms with E-state index < -0.39 is 0 Å². The zero-order valence-electron chi connectivity index (χ0n) is 11.1. The standard InChI is InChI=1S/C12H20N4O2/c1-9-10(8-14-15(9)2)11(12(17)18-3)16-6-4-13-5-7-16/h8,11,13H,4-7H2,1-3H3. The topological polar surface area (TPSA) is 59.4 Å². The predicted octanol–water partition coefficient (Wildman–Crippen LogP) is -0.152. The van der Waals surface area contributed by atoms with E-state index >= 15 is 0 Å². The third kappa shape index (κ3) is 2.39. The van der Waals surface area contributed by atoms with Crippen molar-refractivity contribution in [2.24, 2.45) is 7.05 Å². The van der Waals surface area contributed by atoms with Crippen molar-refractivity contribution in [1.82, 2.24) is 20.0 Å². The van der Waals surface area contributed by atoms with Gasteiger partial charge in [0, 0.05) is 44.5 Å². The van der Waals surface area contributed by atoms with Crippen LogP contribution in [0.25, 0.3) is 0 Å². The van der Waals surface area contributed by atoms with E-state index in [0.717, 1.165) is 37.4 Å². The van der Waals surface area contributed by atoms with Gasteiger partial charge in [-0.15, -0.1) is 0 Å². The fourth-order valence-corrected chi connectivity index (χ4v) is 2.31. The Labute approximate surface area is 107 Å². The minimum atomic E-state index is -0.342. The van der Waals surface area contributed by atoms with Crippen molar-refractivity contribution in [3.05, 3.63) is 17.5 Å². The van der Waals surface area contributed by atoms with Crippen LogP contribution in [-0.2, 0) is 16.6 Å². The van der Waals surface area contributed by atoms with Crippen LogP contribution in [0, 0.1) is 6.92 Å². The summed E-state index contributed by atoms with van der Waals surface area (Å²) in [7, 11) is 3.31. The Balaban J connectivity index is 2.29. The quantitative estimate of drug-likeness (QED) is 0.758. The summed E-state index contributed by atoms with van der Waals surface area (Å²) in [6, 6.07) is -0.342. The van der Waals surface area contributed by atoms with Crippen molar-refractivity contribution in [3.8, 4) is 0 Å². The van der Waals surface area contributed by atoms with Crippen molar-refractivity contribution >= 4 is 5.97 Å². The normalized spacial score (nSPS) is 18.6. The lowest BCUT2D eigenvalue weighted by molar-refractivity contribution is -0.147. The summed E-state index contributed by atoms with van der Waals surface area (Å²) in [5.41, 5.74) is 1.94. The number of nitrogens with one attached hydrogen (secondary N) is 1. The number of hydrogen-bond acceptors (Lipinski definition) is 5. The molecule has 0 bridgehead atoms. The summed E-state index contributed by atoms with van der Waals surface area (Å²) in [5.74, 6) is -0.215. The van der Waals surface area contributed by atoms with Crippen LogP contribution in [-0.4, -0.2) is 53.9 Å². The summed E-state index contributed by atoms with van der Waals surface area (Å²) in [4.78, 5) is 14.2. The molecule has 0 amide bonds. The van der Waals surface area contributed by atoms with E-state index in [1.54, 1.807) is 10.9 Å². The zero-order valence-corrected chi connectivity index (χ0v) is 11.1. The molecule has 6 heteroatoms. The Bertz CT molecular complexity index is 424. The van der Waals surface area contributed by atoms with E-state index in [0.29, 0.717) is 0 Å². The number of aromatic nitrogens is 2. The number of hydrogen-bond donors (Lipinski definition) is 1. The molecule has 1 atom stereocenters. The van der Waals surface area contributed by atoms with Crippen LogP contribution in [0.5, 0.6) is 0 Å². The number of ether oxygens (including phenoxy) is 1. The van der Waals surface area contributed by atoms with Crippen LogP contribution in [0.15, 0.2) is 6.20 Å². The van der Waals surface area contributed by atoms with Gasteiger partial charge in [0.05, 0.1) is 13.3 Å². The minimum absolute atomic E-state index is 0.215. The summed E-state index contributed by atoms with van der Waals surface area (Å²) in [5, 5.41) is 7.50. The van der Waals surface area contributed by atoms with Crippen LogP contribution in [0.4, 0.5) is 0 Å². The maximum atomic E-state index is 12.1. The van der Waals surface area contributed by atoms with Gasteiger partial charge in [0.25, 0.3) is 0 Å². The van der Waals surface area contributed by atoms with Gasteiger partial charge in [0.15, 0.2) is 0 Å². The van der Waals surface area contributed by atoms with E-state index in [1.165, 1.54) is 7.11 Å². The lowest BCUT2D eigenvalue weighted by Crippen LogP contribution is -2.47. The van der Waals surface area contributed by atoms with E-state index in [2.05, 4.69) is 15.3 Å². The molecular weight excluding hydrogens is 232 g/mol. The van der Waals surface area contributed by atoms with E-state index in [9.17, 15) is 4.79 Å². The Morgan fingerprint density at radius 1 is 1.50 bits per heavy atom. The van der Waals surface area contributed by atoms with Crippen molar-refractivity contribution in [1.29, 1.82) is 0 Å². The number of methoxy groups -OCH3 is 1. The van der Waals surface area contributed by atoms with E-state index in [-0.39, 0.29) is 12.0 Å². The molecule has 0 radical (unpaired) electrons. The Morgan fingerprint density at radius 3 is 2.67 bits per heavy atom. The molecule has 1 unspecified atom stereocenters. The first-order valence-electron chi connectivity index (χ1n) is 6.16. The molecule has 2 heterocycles. The van der Waals surface area contributed by atoms with Crippen molar-refractivity contribution in [2.75, 3.05) is 33.3 Å². The molecule has 2 rings (SSSR count). The molecule has 1 aromatic heterocycles. The van der Waals surface area contributed by atoms with Gasteiger partial charge in [-0.05, 0) is 6.92 Å². The van der Waals surface area contributed by atoms with Crippen LogP contribution in [0.2, 0.25) is 0 Å². The van der Waals surface area contributed by atoms with Gasteiger partial charge < -0.3 is 10.1 Å². The number of piperazine rings is 1. The van der Waals surface area contributed by atoms with Gasteiger partial charge >= 0.3 is 5.97 Å². The molecule has 1 fully saturated rings. The average molecular weight is 252 g/mol. The van der Waals surface area contributed by atoms with Crippen molar-refractivity contribution in [3.63, 3.8) is 0 Å². The predicted molar refractivity (Wildman–Crippen MR) is 67.1 cm³/mol. The average Bonchev–Trinajstić information content (AvgIpc) is 2.72. The van der Waals surface area contributed by atoms with Crippen molar-refractivity contribution < 1.29 is 9.53 Å². The highest BCUT2D eigenvalue weighted by Crippen LogP contribution is 2.25. The number of rotatable bonds is 3. The Hall–Kier alpha value is -1.40. The van der Waals surface area contributed by atoms with Gasteiger partial charge in [-0.1, -0.05) is 0 Å². The second-order valence-corrected chi connectivity index (χ2v) is 4.52. The molecule has 0 saturated carbocycles. The molecule has 6 nitrogen and oxygen atoms in total. The van der Waals surface area contributed by atoms with Gasteiger partial charge in [0.2, 0.25) is 0 Å². The Kier molecular flexibility index (Phi) is 3.98. The number of esters is 1. The Morgan fingerprint density at radius 2 is 2.17 bits per heavy atom. The molecule has 1 aliphatic heterocycles. The fourth-order valence-electron chi connectivity index (χ4n) is 2.31. The number of carbonyl (C=O) groups is 1. The van der Waals surface area contributed by atoms with Crippen LogP contribution < -0.4 is 5.32 Å². The minimum Gasteiger partial charge on any atom is -0.468 e. The molecular formula is C12H20N4O2. The third-order valence-electron chi connectivity index (χ3n) is 3.51.